The van der Waals surface area contributed by atoms with Gasteiger partial charge in [-0.25, -0.2) is 0 Å². The monoisotopic (exact) mass is 297 g/mol. The lowest BCUT2D eigenvalue weighted by molar-refractivity contribution is -0.111. The van der Waals surface area contributed by atoms with Gasteiger partial charge in [0.1, 0.15) is 0 Å². The Balaban J connectivity index is 1.90. The minimum absolute atomic E-state index is 0.187. The molecule has 0 aliphatic carbocycles. The Morgan fingerprint density at radius 2 is 2.44 bits per heavy atom. The number of nitrogens with zero attached hydrogens (tertiary/aromatic N) is 2. The van der Waals surface area contributed by atoms with Crippen LogP contribution in [0.1, 0.15) is 11.8 Å². The van der Waals surface area contributed by atoms with Gasteiger partial charge in [-0.15, -0.1) is 21.5 Å². The third kappa shape index (κ3) is 3.94. The van der Waals surface area contributed by atoms with Crippen LogP contribution in [0, 0.1) is 0 Å². The van der Waals surface area contributed by atoms with E-state index in [1.54, 1.807) is 29.2 Å². The number of thiophene rings is 1. The average Bonchev–Trinajstić information content (AvgIpc) is 2.99. The van der Waals surface area contributed by atoms with Gasteiger partial charge in [0.25, 0.3) is 0 Å². The summed E-state index contributed by atoms with van der Waals surface area (Å²) in [4.78, 5) is 12.7. The Morgan fingerprint density at radius 3 is 3.17 bits per heavy atom. The van der Waals surface area contributed by atoms with E-state index in [-0.39, 0.29) is 5.91 Å². The molecule has 0 bridgehead atoms. The lowest BCUT2D eigenvalue weighted by atomic mass is 10.4. The molecule has 2 heterocycles. The highest BCUT2D eigenvalue weighted by Gasteiger charge is 2.05. The van der Waals surface area contributed by atoms with Gasteiger partial charge in [0, 0.05) is 11.0 Å². The number of carbonyl (C=O) groups excluding carboxylic acids is 1. The number of carbonyl (C=O) groups is 1. The number of nitrogens with one attached hydrogen (secondary N) is 1. The summed E-state index contributed by atoms with van der Waals surface area (Å²) in [6.07, 6.45) is 3.28. The Bertz CT molecular complexity index is 533. The third-order valence-corrected chi connectivity index (χ3v) is 4.54. The SMILES string of the molecule is CCSc1nnc(NC(=O)/C=C/c2cccs2)s1. The maximum atomic E-state index is 11.6. The summed E-state index contributed by atoms with van der Waals surface area (Å²) < 4.78 is 0.870. The van der Waals surface area contributed by atoms with E-state index in [9.17, 15) is 4.79 Å². The predicted molar refractivity (Wildman–Crippen MR) is 78.3 cm³/mol. The van der Waals surface area contributed by atoms with Crippen molar-refractivity contribution in [3.8, 4) is 0 Å². The first-order valence-corrected chi connectivity index (χ1v) is 7.95. The van der Waals surface area contributed by atoms with E-state index in [1.165, 1.54) is 17.4 Å². The predicted octanol–water partition coefficient (Wildman–Crippen LogP) is 3.36. The molecule has 0 radical (unpaired) electrons. The summed E-state index contributed by atoms with van der Waals surface area (Å²) in [6, 6.07) is 3.90. The highest BCUT2D eigenvalue weighted by molar-refractivity contribution is 8.01. The minimum Gasteiger partial charge on any atom is -0.297 e. The van der Waals surface area contributed by atoms with Crippen LogP contribution in [-0.4, -0.2) is 21.9 Å². The summed E-state index contributed by atoms with van der Waals surface area (Å²) in [5.74, 6) is 0.758. The highest BCUT2D eigenvalue weighted by Crippen LogP contribution is 2.24. The average molecular weight is 297 g/mol. The number of aromatic nitrogens is 2. The largest absolute Gasteiger partial charge is 0.297 e. The second kappa shape index (κ2) is 6.67. The van der Waals surface area contributed by atoms with E-state index in [4.69, 9.17) is 0 Å². The van der Waals surface area contributed by atoms with Crippen molar-refractivity contribution in [1.29, 1.82) is 0 Å². The molecule has 94 valence electrons. The van der Waals surface area contributed by atoms with Crippen LogP contribution in [0.3, 0.4) is 0 Å². The molecule has 2 aromatic rings. The molecule has 0 saturated heterocycles. The molecule has 0 aliphatic heterocycles. The van der Waals surface area contributed by atoms with Crippen LogP contribution in [0.4, 0.5) is 5.13 Å². The fraction of sp³-hybridized carbons (Fsp3) is 0.182. The molecule has 2 rings (SSSR count). The van der Waals surface area contributed by atoms with Crippen molar-refractivity contribution in [3.63, 3.8) is 0 Å². The Kier molecular flexibility index (Phi) is 4.91. The van der Waals surface area contributed by atoms with Crippen LogP contribution in [0.5, 0.6) is 0 Å². The van der Waals surface area contributed by atoms with Crippen LogP contribution in [-0.2, 0) is 4.79 Å². The van der Waals surface area contributed by atoms with E-state index >= 15 is 0 Å². The van der Waals surface area contributed by atoms with Crippen LogP contribution in [0.25, 0.3) is 6.08 Å². The molecule has 0 unspecified atom stereocenters. The minimum atomic E-state index is -0.187. The summed E-state index contributed by atoms with van der Waals surface area (Å²) in [5.41, 5.74) is 0. The van der Waals surface area contributed by atoms with Crippen molar-refractivity contribution in [2.75, 3.05) is 11.1 Å². The standard InChI is InChI=1S/C11H11N3OS3/c1-2-16-11-14-13-10(18-11)12-9(15)6-5-8-4-3-7-17-8/h3-7H,2H2,1H3,(H,12,13,15)/b6-5+. The van der Waals surface area contributed by atoms with Gasteiger partial charge in [-0.05, 0) is 23.3 Å². The highest BCUT2D eigenvalue weighted by atomic mass is 32.2. The summed E-state index contributed by atoms with van der Waals surface area (Å²) in [5, 5.41) is 13.1. The summed E-state index contributed by atoms with van der Waals surface area (Å²) in [7, 11) is 0. The molecule has 0 spiro atoms. The van der Waals surface area contributed by atoms with Crippen molar-refractivity contribution in [1.82, 2.24) is 10.2 Å². The topological polar surface area (TPSA) is 54.9 Å². The zero-order valence-electron chi connectivity index (χ0n) is 9.62. The quantitative estimate of drug-likeness (QED) is 0.522. The molecule has 1 N–H and O–H groups in total. The van der Waals surface area contributed by atoms with Crippen molar-refractivity contribution in [2.45, 2.75) is 11.3 Å². The Morgan fingerprint density at radius 1 is 1.56 bits per heavy atom. The van der Waals surface area contributed by atoms with E-state index in [1.807, 2.05) is 24.4 Å². The molecule has 0 atom stereocenters. The number of rotatable bonds is 5. The van der Waals surface area contributed by atoms with Crippen LogP contribution < -0.4 is 5.32 Å². The lowest BCUT2D eigenvalue weighted by Gasteiger charge is -1.93. The number of thioether (sulfide) groups is 1. The van der Waals surface area contributed by atoms with Gasteiger partial charge in [-0.2, -0.15) is 0 Å². The fourth-order valence-electron chi connectivity index (χ4n) is 1.13. The lowest BCUT2D eigenvalue weighted by Crippen LogP contribution is -2.07. The van der Waals surface area contributed by atoms with E-state index in [2.05, 4.69) is 15.5 Å². The first kappa shape index (κ1) is 13.3. The molecule has 4 nitrogen and oxygen atoms in total. The second-order valence-corrected chi connectivity index (χ2v) is 6.61. The third-order valence-electron chi connectivity index (χ3n) is 1.85. The van der Waals surface area contributed by atoms with Gasteiger partial charge in [0.15, 0.2) is 4.34 Å². The van der Waals surface area contributed by atoms with Crippen LogP contribution in [0.15, 0.2) is 27.9 Å². The molecule has 0 fully saturated rings. The summed E-state index contributed by atoms with van der Waals surface area (Å²) >= 11 is 4.58. The molecule has 1 amide bonds. The normalized spacial score (nSPS) is 10.9. The molecule has 0 aliphatic rings. The van der Waals surface area contributed by atoms with Crippen LogP contribution >= 0.6 is 34.4 Å². The maximum absolute atomic E-state index is 11.6. The fourth-order valence-corrected chi connectivity index (χ4v) is 3.40. The Hall–Kier alpha value is -1.18. The smallest absolute Gasteiger partial charge is 0.250 e. The zero-order chi connectivity index (χ0) is 12.8. The van der Waals surface area contributed by atoms with Crippen LogP contribution in [0.2, 0.25) is 0 Å². The van der Waals surface area contributed by atoms with Gasteiger partial charge in [0.05, 0.1) is 0 Å². The van der Waals surface area contributed by atoms with Crippen molar-refractivity contribution in [3.05, 3.63) is 28.5 Å². The van der Waals surface area contributed by atoms with Gasteiger partial charge < -0.3 is 0 Å². The van der Waals surface area contributed by atoms with E-state index in [0.29, 0.717) is 5.13 Å². The van der Waals surface area contributed by atoms with Gasteiger partial charge in [-0.3, -0.25) is 10.1 Å². The molecule has 7 heteroatoms. The van der Waals surface area contributed by atoms with Gasteiger partial charge in [-0.1, -0.05) is 36.1 Å². The first-order valence-electron chi connectivity index (χ1n) is 5.27. The number of amides is 1. The van der Waals surface area contributed by atoms with Gasteiger partial charge in [0.2, 0.25) is 11.0 Å². The van der Waals surface area contributed by atoms with E-state index in [0.717, 1.165) is 15.0 Å². The van der Waals surface area contributed by atoms with E-state index < -0.39 is 0 Å². The molecule has 18 heavy (non-hydrogen) atoms. The van der Waals surface area contributed by atoms with Crippen molar-refractivity contribution >= 4 is 51.6 Å². The number of hydrogen-bond acceptors (Lipinski definition) is 6. The molecular weight excluding hydrogens is 286 g/mol. The molecule has 0 saturated carbocycles. The van der Waals surface area contributed by atoms with Crippen molar-refractivity contribution in [2.24, 2.45) is 0 Å². The number of hydrogen-bond donors (Lipinski definition) is 1. The zero-order valence-corrected chi connectivity index (χ0v) is 12.1. The maximum Gasteiger partial charge on any atom is 0.250 e. The molecular formula is C11H11N3OS3. The Labute approximate surface area is 117 Å². The summed E-state index contributed by atoms with van der Waals surface area (Å²) in [6.45, 7) is 2.05. The first-order chi connectivity index (χ1) is 8.78. The second-order valence-electron chi connectivity index (χ2n) is 3.14. The van der Waals surface area contributed by atoms with Crippen molar-refractivity contribution < 1.29 is 4.79 Å². The van der Waals surface area contributed by atoms with Gasteiger partial charge >= 0.3 is 0 Å². The molecule has 2 aromatic heterocycles. The molecule has 0 aromatic carbocycles. The number of anilines is 1.